The summed E-state index contributed by atoms with van der Waals surface area (Å²) in [6.07, 6.45) is 3.62. The number of para-hydroxylation sites is 1. The number of hydrogen-bond donors (Lipinski definition) is 1. The van der Waals surface area contributed by atoms with Gasteiger partial charge in [0.2, 0.25) is 5.95 Å². The summed E-state index contributed by atoms with van der Waals surface area (Å²) in [6.45, 7) is 8.24. The molecule has 0 aliphatic carbocycles. The Kier molecular flexibility index (Phi) is 4.53. The number of nitrogens with one attached hydrogen (secondary N) is 1. The van der Waals surface area contributed by atoms with Gasteiger partial charge >= 0.3 is 0 Å². The third-order valence-electron chi connectivity index (χ3n) is 3.75. The van der Waals surface area contributed by atoms with Crippen molar-refractivity contribution in [1.29, 1.82) is 0 Å². The fraction of sp³-hybridized carbons (Fsp3) is 0.294. The average molecular weight is 295 g/mol. The molecule has 1 aliphatic heterocycles. The fourth-order valence-corrected chi connectivity index (χ4v) is 2.58. The maximum atomic E-state index is 4.57. The summed E-state index contributed by atoms with van der Waals surface area (Å²) in [5.74, 6) is 1.64. The Labute approximate surface area is 131 Å². The van der Waals surface area contributed by atoms with E-state index in [4.69, 9.17) is 0 Å². The Morgan fingerprint density at radius 3 is 2.50 bits per heavy atom. The van der Waals surface area contributed by atoms with Gasteiger partial charge in [-0.3, -0.25) is 0 Å². The van der Waals surface area contributed by atoms with Gasteiger partial charge in [-0.1, -0.05) is 24.3 Å². The van der Waals surface area contributed by atoms with Crippen LogP contribution >= 0.6 is 0 Å². The Morgan fingerprint density at radius 2 is 1.77 bits per heavy atom. The number of anilines is 3. The Hall–Kier alpha value is -2.56. The molecule has 0 spiro atoms. The normalized spacial score (nSPS) is 14.7. The molecular formula is C17H21N5. The van der Waals surface area contributed by atoms with Crippen LogP contribution in [0.5, 0.6) is 0 Å². The van der Waals surface area contributed by atoms with Crippen LogP contribution in [0.3, 0.4) is 0 Å². The zero-order chi connectivity index (χ0) is 15.2. The van der Waals surface area contributed by atoms with Crippen molar-refractivity contribution in [2.75, 3.05) is 47.8 Å². The molecule has 0 radical (unpaired) electrons. The second-order valence-electron chi connectivity index (χ2n) is 5.22. The Bertz CT molecular complexity index is 605. The smallest absolute Gasteiger partial charge is 0.227 e. The molecule has 1 aliphatic rings. The van der Waals surface area contributed by atoms with Gasteiger partial charge in [-0.05, 0) is 18.2 Å². The van der Waals surface area contributed by atoms with E-state index in [9.17, 15) is 0 Å². The van der Waals surface area contributed by atoms with E-state index < -0.39 is 0 Å². The van der Waals surface area contributed by atoms with Crippen molar-refractivity contribution in [2.24, 2.45) is 0 Å². The lowest BCUT2D eigenvalue weighted by atomic mass is 10.2. The van der Waals surface area contributed by atoms with Gasteiger partial charge in [0.1, 0.15) is 5.82 Å². The summed E-state index contributed by atoms with van der Waals surface area (Å²) in [4.78, 5) is 13.6. The summed E-state index contributed by atoms with van der Waals surface area (Å²) in [5.41, 5.74) is 1.28. The predicted octanol–water partition coefficient (Wildman–Crippen LogP) is 2.40. The van der Waals surface area contributed by atoms with E-state index in [1.807, 2.05) is 12.1 Å². The molecule has 3 rings (SSSR count). The van der Waals surface area contributed by atoms with Crippen molar-refractivity contribution < 1.29 is 0 Å². The monoisotopic (exact) mass is 295 g/mol. The molecule has 2 aromatic rings. The van der Waals surface area contributed by atoms with Gasteiger partial charge in [0.15, 0.2) is 0 Å². The number of aromatic nitrogens is 2. The first-order valence-electron chi connectivity index (χ1n) is 7.59. The van der Waals surface area contributed by atoms with Gasteiger partial charge < -0.3 is 15.1 Å². The quantitative estimate of drug-likeness (QED) is 0.858. The summed E-state index contributed by atoms with van der Waals surface area (Å²) < 4.78 is 0. The molecule has 1 fully saturated rings. The third-order valence-corrected chi connectivity index (χ3v) is 3.75. The lowest BCUT2D eigenvalue weighted by molar-refractivity contribution is 0.640. The summed E-state index contributed by atoms with van der Waals surface area (Å²) in [5, 5.41) is 3.20. The van der Waals surface area contributed by atoms with Crippen LogP contribution in [-0.4, -0.2) is 42.7 Å². The average Bonchev–Trinajstić information content (AvgIpc) is 2.61. The third kappa shape index (κ3) is 3.36. The van der Waals surface area contributed by atoms with Gasteiger partial charge in [-0.25, -0.2) is 4.98 Å². The largest absolute Gasteiger partial charge is 0.368 e. The molecule has 1 N–H and O–H groups in total. The molecule has 1 saturated heterocycles. The van der Waals surface area contributed by atoms with Gasteiger partial charge in [-0.2, -0.15) is 4.98 Å². The minimum Gasteiger partial charge on any atom is -0.368 e. The van der Waals surface area contributed by atoms with Crippen molar-refractivity contribution in [2.45, 2.75) is 0 Å². The molecule has 2 heterocycles. The topological polar surface area (TPSA) is 44.3 Å². The highest BCUT2D eigenvalue weighted by atomic mass is 15.3. The molecule has 1 aromatic heterocycles. The summed E-state index contributed by atoms with van der Waals surface area (Å²) in [6, 6.07) is 12.4. The number of benzene rings is 1. The van der Waals surface area contributed by atoms with Gasteiger partial charge in [0, 0.05) is 44.6 Å². The van der Waals surface area contributed by atoms with E-state index in [0.29, 0.717) is 6.54 Å². The number of nitrogens with zero attached hydrogens (tertiary/aromatic N) is 4. The first kappa shape index (κ1) is 14.4. The van der Waals surface area contributed by atoms with Crippen molar-refractivity contribution in [3.63, 3.8) is 0 Å². The predicted molar refractivity (Wildman–Crippen MR) is 91.6 cm³/mol. The van der Waals surface area contributed by atoms with E-state index in [2.05, 4.69) is 62.0 Å². The van der Waals surface area contributed by atoms with Crippen molar-refractivity contribution in [3.05, 3.63) is 55.3 Å². The minimum atomic E-state index is 0.707. The van der Waals surface area contributed by atoms with Crippen molar-refractivity contribution in [3.8, 4) is 0 Å². The van der Waals surface area contributed by atoms with Crippen LogP contribution in [-0.2, 0) is 0 Å². The second-order valence-corrected chi connectivity index (χ2v) is 5.22. The lowest BCUT2D eigenvalue weighted by Gasteiger charge is -2.36. The van der Waals surface area contributed by atoms with Crippen LogP contribution in [0.2, 0.25) is 0 Å². The van der Waals surface area contributed by atoms with Gasteiger partial charge in [-0.15, -0.1) is 6.58 Å². The maximum absolute atomic E-state index is 4.57. The first-order chi connectivity index (χ1) is 10.9. The fourth-order valence-electron chi connectivity index (χ4n) is 2.58. The van der Waals surface area contributed by atoms with Gasteiger partial charge in [0.05, 0.1) is 0 Å². The van der Waals surface area contributed by atoms with Crippen LogP contribution in [0.4, 0.5) is 17.5 Å². The van der Waals surface area contributed by atoms with E-state index in [1.165, 1.54) is 5.69 Å². The highest BCUT2D eigenvalue weighted by molar-refractivity contribution is 5.49. The van der Waals surface area contributed by atoms with E-state index in [1.54, 1.807) is 6.20 Å². The molecule has 0 bridgehead atoms. The molecular weight excluding hydrogens is 274 g/mol. The van der Waals surface area contributed by atoms with E-state index in [0.717, 1.165) is 37.9 Å². The molecule has 114 valence electrons. The molecule has 0 unspecified atom stereocenters. The van der Waals surface area contributed by atoms with Crippen LogP contribution in [0.25, 0.3) is 0 Å². The molecule has 0 amide bonds. The molecule has 0 saturated carbocycles. The van der Waals surface area contributed by atoms with Crippen molar-refractivity contribution >= 4 is 17.5 Å². The van der Waals surface area contributed by atoms with Crippen LogP contribution < -0.4 is 15.1 Å². The van der Waals surface area contributed by atoms with Crippen LogP contribution in [0, 0.1) is 0 Å². The second kappa shape index (κ2) is 6.93. The van der Waals surface area contributed by atoms with Crippen LogP contribution in [0.1, 0.15) is 0 Å². The number of piperazine rings is 1. The Morgan fingerprint density at radius 1 is 1.05 bits per heavy atom. The standard InChI is InChI=1S/C17H21N5/c1-2-9-18-16-8-10-19-17(20-16)22-13-11-21(12-14-22)15-6-4-3-5-7-15/h2-8,10H,1,9,11-14H2,(H,18,19,20). The lowest BCUT2D eigenvalue weighted by Crippen LogP contribution is -2.47. The zero-order valence-corrected chi connectivity index (χ0v) is 12.7. The number of hydrogen-bond acceptors (Lipinski definition) is 5. The highest BCUT2D eigenvalue weighted by Gasteiger charge is 2.19. The molecule has 1 aromatic carbocycles. The minimum absolute atomic E-state index is 0.707. The molecule has 0 atom stereocenters. The number of rotatable bonds is 5. The maximum Gasteiger partial charge on any atom is 0.227 e. The van der Waals surface area contributed by atoms with Crippen molar-refractivity contribution in [1.82, 2.24) is 9.97 Å². The van der Waals surface area contributed by atoms with Gasteiger partial charge in [0.25, 0.3) is 0 Å². The first-order valence-corrected chi connectivity index (χ1v) is 7.59. The molecule has 5 heteroatoms. The Balaban J connectivity index is 1.62. The molecule has 22 heavy (non-hydrogen) atoms. The highest BCUT2D eigenvalue weighted by Crippen LogP contribution is 2.18. The summed E-state index contributed by atoms with van der Waals surface area (Å²) in [7, 11) is 0. The van der Waals surface area contributed by atoms with E-state index >= 15 is 0 Å². The van der Waals surface area contributed by atoms with E-state index in [-0.39, 0.29) is 0 Å². The zero-order valence-electron chi connectivity index (χ0n) is 12.7. The SMILES string of the molecule is C=CCNc1ccnc(N2CCN(c3ccccc3)CC2)n1. The molecule has 5 nitrogen and oxygen atoms in total. The van der Waals surface area contributed by atoms with Crippen LogP contribution in [0.15, 0.2) is 55.3 Å². The summed E-state index contributed by atoms with van der Waals surface area (Å²) >= 11 is 0.